The Hall–Kier alpha value is -1.22. The van der Waals surface area contributed by atoms with Crippen LogP contribution in [0.25, 0.3) is 10.1 Å². The lowest BCUT2D eigenvalue weighted by molar-refractivity contribution is 0.0977. The van der Waals surface area contributed by atoms with E-state index in [0.717, 1.165) is 16.5 Å². The molecule has 2 nitrogen and oxygen atoms in total. The number of carbonyl (C=O) groups excluding carboxylic acids is 1. The molecule has 2 aromatic rings. The summed E-state index contributed by atoms with van der Waals surface area (Å²) in [6.07, 6.45) is 12.2. The van der Waals surface area contributed by atoms with Crippen molar-refractivity contribution in [2.45, 2.75) is 71.1 Å². The number of aromatic nitrogens is 1. The molecule has 22 heavy (non-hydrogen) atoms. The van der Waals surface area contributed by atoms with Crippen LogP contribution in [0.2, 0.25) is 0 Å². The number of hydrogen-bond acceptors (Lipinski definition) is 3. The fourth-order valence-corrected chi connectivity index (χ4v) is 3.59. The van der Waals surface area contributed by atoms with E-state index < -0.39 is 0 Å². The molecule has 0 radical (unpaired) electrons. The van der Waals surface area contributed by atoms with Crippen LogP contribution in [-0.4, -0.2) is 10.2 Å². The minimum absolute atomic E-state index is 0.209. The summed E-state index contributed by atoms with van der Waals surface area (Å²) in [4.78, 5) is 12.3. The number of ketones is 1. The van der Waals surface area contributed by atoms with Crippen molar-refractivity contribution < 1.29 is 4.79 Å². The monoisotopic (exact) mass is 317 g/mol. The Kier molecular flexibility index (Phi) is 7.58. The van der Waals surface area contributed by atoms with Crippen LogP contribution in [0, 0.1) is 0 Å². The van der Waals surface area contributed by atoms with Crippen molar-refractivity contribution in [3.63, 3.8) is 0 Å². The Balaban J connectivity index is 1.62. The highest BCUT2D eigenvalue weighted by atomic mass is 32.1. The molecule has 0 amide bonds. The molecule has 0 aliphatic heterocycles. The number of hydrogen-bond donors (Lipinski definition) is 0. The Morgan fingerprint density at radius 3 is 2.32 bits per heavy atom. The molecule has 2 rings (SSSR count). The minimum atomic E-state index is 0.209. The Labute approximate surface area is 138 Å². The van der Waals surface area contributed by atoms with Gasteiger partial charge in [0.05, 0.1) is 4.70 Å². The third-order valence-electron chi connectivity index (χ3n) is 4.15. The molecule has 0 saturated heterocycles. The topological polar surface area (TPSA) is 30.0 Å². The highest BCUT2D eigenvalue weighted by Gasteiger charge is 2.13. The maximum absolute atomic E-state index is 12.3. The van der Waals surface area contributed by atoms with Gasteiger partial charge in [0.15, 0.2) is 5.78 Å². The molecule has 0 bridgehead atoms. The summed E-state index contributed by atoms with van der Waals surface area (Å²) in [5, 5.41) is 1.02. The number of unbranched alkanes of at least 4 members (excludes halogenated alkanes) is 8. The number of benzene rings is 1. The van der Waals surface area contributed by atoms with Crippen LogP contribution >= 0.6 is 11.5 Å². The van der Waals surface area contributed by atoms with E-state index in [-0.39, 0.29) is 5.78 Å². The lowest BCUT2D eigenvalue weighted by atomic mass is 10.0. The molecule has 0 atom stereocenters. The van der Waals surface area contributed by atoms with Crippen molar-refractivity contribution in [3.8, 4) is 0 Å². The summed E-state index contributed by atoms with van der Waals surface area (Å²) in [5.41, 5.74) is 0.681. The van der Waals surface area contributed by atoms with Crippen LogP contribution in [-0.2, 0) is 0 Å². The molecule has 1 aromatic heterocycles. The van der Waals surface area contributed by atoms with Gasteiger partial charge in [-0.1, -0.05) is 76.5 Å². The molecule has 0 unspecified atom stereocenters. The van der Waals surface area contributed by atoms with E-state index in [0.29, 0.717) is 12.1 Å². The van der Waals surface area contributed by atoms with E-state index in [1.165, 1.54) is 62.9 Å². The molecule has 0 spiro atoms. The second-order valence-corrected chi connectivity index (χ2v) is 6.83. The Morgan fingerprint density at radius 2 is 1.59 bits per heavy atom. The van der Waals surface area contributed by atoms with Crippen LogP contribution in [0.1, 0.15) is 81.6 Å². The SMILES string of the molecule is CCCCCCCCCCCC(=O)c1nsc2ccccc12. The first kappa shape index (κ1) is 17.1. The molecule has 1 heterocycles. The van der Waals surface area contributed by atoms with Crippen molar-refractivity contribution in [3.05, 3.63) is 30.0 Å². The molecule has 0 aliphatic carbocycles. The van der Waals surface area contributed by atoms with Crippen molar-refractivity contribution in [1.29, 1.82) is 0 Å². The minimum Gasteiger partial charge on any atom is -0.292 e. The van der Waals surface area contributed by atoms with Gasteiger partial charge in [-0.15, -0.1) is 0 Å². The largest absolute Gasteiger partial charge is 0.292 e. The van der Waals surface area contributed by atoms with Gasteiger partial charge in [-0.2, -0.15) is 4.37 Å². The van der Waals surface area contributed by atoms with E-state index >= 15 is 0 Å². The second-order valence-electron chi connectivity index (χ2n) is 6.03. The summed E-state index contributed by atoms with van der Waals surface area (Å²) in [7, 11) is 0. The standard InChI is InChI=1S/C19H27NOS/c1-2-3-4-5-6-7-8-9-10-14-17(21)19-16-13-11-12-15-18(16)22-20-19/h11-13,15H,2-10,14H2,1H3. The first-order valence-corrected chi connectivity index (χ1v) is 9.48. The van der Waals surface area contributed by atoms with Crippen LogP contribution in [0.15, 0.2) is 24.3 Å². The third kappa shape index (κ3) is 5.20. The maximum atomic E-state index is 12.3. The van der Waals surface area contributed by atoms with Gasteiger partial charge in [0, 0.05) is 11.8 Å². The predicted octanol–water partition coefficient (Wildman–Crippen LogP) is 6.40. The zero-order valence-corrected chi connectivity index (χ0v) is 14.5. The van der Waals surface area contributed by atoms with E-state index in [9.17, 15) is 4.79 Å². The fourth-order valence-electron chi connectivity index (χ4n) is 2.80. The summed E-state index contributed by atoms with van der Waals surface area (Å²) >= 11 is 1.43. The number of rotatable bonds is 11. The van der Waals surface area contributed by atoms with Crippen molar-refractivity contribution in [2.24, 2.45) is 0 Å². The van der Waals surface area contributed by atoms with Gasteiger partial charge in [0.1, 0.15) is 5.69 Å². The van der Waals surface area contributed by atoms with E-state index in [1.807, 2.05) is 24.3 Å². The smallest absolute Gasteiger partial charge is 0.182 e. The molecule has 0 saturated carbocycles. The van der Waals surface area contributed by atoms with E-state index in [2.05, 4.69) is 11.3 Å². The maximum Gasteiger partial charge on any atom is 0.182 e. The predicted molar refractivity (Wildman–Crippen MR) is 95.8 cm³/mol. The summed E-state index contributed by atoms with van der Waals surface area (Å²) < 4.78 is 5.45. The second kappa shape index (κ2) is 9.73. The van der Waals surface area contributed by atoms with Crippen molar-refractivity contribution in [2.75, 3.05) is 0 Å². The van der Waals surface area contributed by atoms with E-state index in [1.54, 1.807) is 0 Å². The van der Waals surface area contributed by atoms with E-state index in [4.69, 9.17) is 0 Å². The van der Waals surface area contributed by atoms with Crippen LogP contribution in [0.4, 0.5) is 0 Å². The molecule has 0 aliphatic rings. The summed E-state index contributed by atoms with van der Waals surface area (Å²) in [5.74, 6) is 0.209. The van der Waals surface area contributed by atoms with Gasteiger partial charge in [0.2, 0.25) is 0 Å². The summed E-state index contributed by atoms with van der Waals surface area (Å²) in [6.45, 7) is 2.25. The normalized spacial score (nSPS) is 11.1. The summed E-state index contributed by atoms with van der Waals surface area (Å²) in [6, 6.07) is 8.01. The Morgan fingerprint density at radius 1 is 0.955 bits per heavy atom. The van der Waals surface area contributed by atoms with Crippen molar-refractivity contribution in [1.82, 2.24) is 4.37 Å². The first-order chi connectivity index (χ1) is 10.8. The van der Waals surface area contributed by atoms with Crippen LogP contribution in [0.3, 0.4) is 0 Å². The first-order valence-electron chi connectivity index (χ1n) is 8.70. The number of carbonyl (C=O) groups is 1. The van der Waals surface area contributed by atoms with Crippen molar-refractivity contribution >= 4 is 27.4 Å². The fraction of sp³-hybridized carbons (Fsp3) is 0.579. The van der Waals surface area contributed by atoms with Gasteiger partial charge >= 0.3 is 0 Å². The quantitative estimate of drug-likeness (QED) is 0.354. The van der Waals surface area contributed by atoms with Gasteiger partial charge in [-0.05, 0) is 24.0 Å². The molecule has 0 N–H and O–H groups in total. The molecule has 120 valence electrons. The van der Waals surface area contributed by atoms with Gasteiger partial charge in [-0.3, -0.25) is 4.79 Å². The highest BCUT2D eigenvalue weighted by Crippen LogP contribution is 2.23. The van der Waals surface area contributed by atoms with Crippen LogP contribution in [0.5, 0.6) is 0 Å². The zero-order chi connectivity index (χ0) is 15.6. The van der Waals surface area contributed by atoms with Gasteiger partial charge in [-0.25, -0.2) is 0 Å². The lowest BCUT2D eigenvalue weighted by Gasteiger charge is -2.01. The molecular formula is C19H27NOS. The lowest BCUT2D eigenvalue weighted by Crippen LogP contribution is -1.99. The zero-order valence-electron chi connectivity index (χ0n) is 13.6. The number of nitrogens with zero attached hydrogens (tertiary/aromatic N) is 1. The molecule has 3 heteroatoms. The Bertz CT molecular complexity index is 576. The average molecular weight is 317 g/mol. The van der Waals surface area contributed by atoms with Gasteiger partial charge in [0.25, 0.3) is 0 Å². The molecular weight excluding hydrogens is 290 g/mol. The highest BCUT2D eigenvalue weighted by molar-refractivity contribution is 7.13. The van der Waals surface area contributed by atoms with Gasteiger partial charge < -0.3 is 0 Å². The molecule has 1 aromatic carbocycles. The number of Topliss-reactive ketones (excluding diaryl/α,β-unsaturated/α-hetero) is 1. The number of fused-ring (bicyclic) bond motifs is 1. The molecule has 0 fully saturated rings. The third-order valence-corrected chi connectivity index (χ3v) is 4.98. The average Bonchev–Trinajstić information content (AvgIpc) is 2.97. The van der Waals surface area contributed by atoms with Crippen LogP contribution < -0.4 is 0 Å².